The molecule has 0 bridgehead atoms. The van der Waals surface area contributed by atoms with Crippen LogP contribution in [0, 0.1) is 13.8 Å². The second kappa shape index (κ2) is 5.98. The summed E-state index contributed by atoms with van der Waals surface area (Å²) in [4.78, 5) is 0. The number of rotatable bonds is 2. The van der Waals surface area contributed by atoms with E-state index in [-0.39, 0.29) is 0 Å². The van der Waals surface area contributed by atoms with Gasteiger partial charge in [-0.3, -0.25) is 0 Å². The van der Waals surface area contributed by atoms with Gasteiger partial charge in [0.2, 0.25) is 0 Å². The van der Waals surface area contributed by atoms with Gasteiger partial charge in [0.1, 0.15) is 0 Å². The molecule has 0 fully saturated rings. The summed E-state index contributed by atoms with van der Waals surface area (Å²) in [6.45, 7) is 4.31. The van der Waals surface area contributed by atoms with Crippen molar-refractivity contribution in [1.82, 2.24) is 0 Å². The first kappa shape index (κ1) is 14.7. The van der Waals surface area contributed by atoms with Gasteiger partial charge in [-0.1, -0.05) is 90.5 Å². The van der Waals surface area contributed by atoms with Crippen LogP contribution in [-0.2, 0) is 0 Å². The van der Waals surface area contributed by atoms with E-state index in [9.17, 15) is 0 Å². The second-order valence-corrected chi connectivity index (χ2v) is 6.39. The molecule has 0 saturated heterocycles. The molecule has 4 aromatic carbocycles. The largest absolute Gasteiger partial charge is 0.0620 e. The molecule has 0 nitrogen and oxygen atoms in total. The van der Waals surface area contributed by atoms with Gasteiger partial charge in [0.15, 0.2) is 0 Å². The van der Waals surface area contributed by atoms with Crippen molar-refractivity contribution < 1.29 is 0 Å². The predicted octanol–water partition coefficient (Wildman–Crippen LogP) is 6.79. The fraction of sp³-hybridized carbons (Fsp3) is 0.0833. The van der Waals surface area contributed by atoms with Gasteiger partial charge in [-0.05, 0) is 52.4 Å². The molecule has 4 aromatic rings. The summed E-state index contributed by atoms with van der Waals surface area (Å²) in [6.07, 6.45) is 0. The average Bonchev–Trinajstić information content (AvgIpc) is 2.62. The van der Waals surface area contributed by atoms with Crippen molar-refractivity contribution in [3.05, 3.63) is 96.1 Å². The molecule has 0 saturated carbocycles. The molecule has 0 spiro atoms. The van der Waals surface area contributed by atoms with Gasteiger partial charge in [-0.25, -0.2) is 0 Å². The Balaban J connectivity index is 2.06. The van der Waals surface area contributed by atoms with E-state index in [2.05, 4.69) is 98.8 Å². The molecule has 0 unspecified atom stereocenters. The number of hydrogen-bond acceptors (Lipinski definition) is 0. The standard InChI is InChI=1S/C24H20/c1-17-13-15-19(16-14-17)22-11-5-8-20-9-6-12-23(24(20)22)21-10-4-3-7-18(21)2/h3-16H,1-2H3. The number of aryl methyl sites for hydroxylation is 2. The van der Waals surface area contributed by atoms with Gasteiger partial charge in [-0.15, -0.1) is 0 Å². The maximum Gasteiger partial charge on any atom is -0.00267 e. The molecule has 0 aliphatic carbocycles. The van der Waals surface area contributed by atoms with E-state index >= 15 is 0 Å². The third-order valence-electron chi connectivity index (χ3n) is 4.70. The molecule has 0 heterocycles. The molecule has 0 N–H and O–H groups in total. The van der Waals surface area contributed by atoms with Crippen LogP contribution >= 0.6 is 0 Å². The SMILES string of the molecule is Cc1ccc(-c2cccc3cccc(-c4ccccc4C)c23)cc1. The topological polar surface area (TPSA) is 0 Å². The van der Waals surface area contributed by atoms with Crippen LogP contribution in [0.15, 0.2) is 84.9 Å². The number of benzene rings is 4. The summed E-state index contributed by atoms with van der Waals surface area (Å²) in [6, 6.07) is 30.6. The predicted molar refractivity (Wildman–Crippen MR) is 104 cm³/mol. The fourth-order valence-corrected chi connectivity index (χ4v) is 3.41. The van der Waals surface area contributed by atoms with Gasteiger partial charge in [0.25, 0.3) is 0 Å². The van der Waals surface area contributed by atoms with Crippen LogP contribution in [0.2, 0.25) is 0 Å². The molecule has 0 heteroatoms. The van der Waals surface area contributed by atoms with Crippen molar-refractivity contribution in [2.45, 2.75) is 13.8 Å². The van der Waals surface area contributed by atoms with E-state index < -0.39 is 0 Å². The van der Waals surface area contributed by atoms with E-state index in [0.29, 0.717) is 0 Å². The monoisotopic (exact) mass is 308 g/mol. The molecular weight excluding hydrogens is 288 g/mol. The zero-order valence-corrected chi connectivity index (χ0v) is 14.1. The maximum atomic E-state index is 2.24. The summed E-state index contributed by atoms with van der Waals surface area (Å²) in [7, 11) is 0. The lowest BCUT2D eigenvalue weighted by atomic mass is 9.90. The molecule has 0 aromatic heterocycles. The van der Waals surface area contributed by atoms with E-state index in [0.717, 1.165) is 0 Å². The second-order valence-electron chi connectivity index (χ2n) is 6.39. The van der Waals surface area contributed by atoms with Gasteiger partial charge in [0.05, 0.1) is 0 Å². The average molecular weight is 308 g/mol. The van der Waals surface area contributed by atoms with Crippen molar-refractivity contribution in [3.63, 3.8) is 0 Å². The molecular formula is C24H20. The lowest BCUT2D eigenvalue weighted by Crippen LogP contribution is -1.88. The normalized spacial score (nSPS) is 10.9. The minimum atomic E-state index is 1.27. The van der Waals surface area contributed by atoms with Gasteiger partial charge in [0, 0.05) is 0 Å². The van der Waals surface area contributed by atoms with Gasteiger partial charge < -0.3 is 0 Å². The highest BCUT2D eigenvalue weighted by Crippen LogP contribution is 2.37. The Bertz CT molecular complexity index is 1000. The van der Waals surface area contributed by atoms with E-state index in [4.69, 9.17) is 0 Å². The first-order valence-corrected chi connectivity index (χ1v) is 8.39. The van der Waals surface area contributed by atoms with Crippen LogP contribution in [0.5, 0.6) is 0 Å². The molecule has 0 aliphatic heterocycles. The van der Waals surface area contributed by atoms with Crippen LogP contribution in [0.25, 0.3) is 33.0 Å². The van der Waals surface area contributed by atoms with E-state index in [1.807, 2.05) is 0 Å². The first-order valence-electron chi connectivity index (χ1n) is 8.39. The van der Waals surface area contributed by atoms with Crippen LogP contribution < -0.4 is 0 Å². The van der Waals surface area contributed by atoms with Crippen LogP contribution in [0.1, 0.15) is 11.1 Å². The van der Waals surface area contributed by atoms with Crippen LogP contribution in [-0.4, -0.2) is 0 Å². The maximum absolute atomic E-state index is 2.24. The van der Waals surface area contributed by atoms with E-state index in [1.165, 1.54) is 44.2 Å². The number of hydrogen-bond donors (Lipinski definition) is 0. The summed E-state index contributed by atoms with van der Waals surface area (Å²) < 4.78 is 0. The Hall–Kier alpha value is -2.86. The van der Waals surface area contributed by atoms with Crippen molar-refractivity contribution in [3.8, 4) is 22.3 Å². The lowest BCUT2D eigenvalue weighted by Gasteiger charge is -2.14. The summed E-state index contributed by atoms with van der Waals surface area (Å²) in [5.74, 6) is 0. The third kappa shape index (κ3) is 2.51. The Kier molecular flexibility index (Phi) is 3.66. The lowest BCUT2D eigenvalue weighted by molar-refractivity contribution is 1.46. The molecule has 24 heavy (non-hydrogen) atoms. The van der Waals surface area contributed by atoms with Crippen molar-refractivity contribution in [1.29, 1.82) is 0 Å². The highest BCUT2D eigenvalue weighted by atomic mass is 14.1. The zero-order chi connectivity index (χ0) is 16.5. The van der Waals surface area contributed by atoms with Gasteiger partial charge >= 0.3 is 0 Å². The number of fused-ring (bicyclic) bond motifs is 1. The third-order valence-corrected chi connectivity index (χ3v) is 4.70. The smallest absolute Gasteiger partial charge is 0.00267 e. The first-order chi connectivity index (χ1) is 11.7. The summed E-state index contributed by atoms with van der Waals surface area (Å²) in [5.41, 5.74) is 7.78. The fourth-order valence-electron chi connectivity index (χ4n) is 3.41. The molecule has 116 valence electrons. The van der Waals surface area contributed by atoms with Crippen LogP contribution in [0.4, 0.5) is 0 Å². The molecule has 0 aliphatic rings. The molecule has 4 rings (SSSR count). The molecule has 0 atom stereocenters. The molecule has 0 amide bonds. The van der Waals surface area contributed by atoms with Crippen molar-refractivity contribution in [2.75, 3.05) is 0 Å². The Labute approximate surface area is 143 Å². The highest BCUT2D eigenvalue weighted by molar-refractivity contribution is 6.06. The van der Waals surface area contributed by atoms with Crippen molar-refractivity contribution >= 4 is 10.8 Å². The van der Waals surface area contributed by atoms with E-state index in [1.54, 1.807) is 0 Å². The Morgan fingerprint density at radius 3 is 1.83 bits per heavy atom. The Morgan fingerprint density at radius 1 is 0.500 bits per heavy atom. The minimum Gasteiger partial charge on any atom is -0.0620 e. The minimum absolute atomic E-state index is 1.27. The van der Waals surface area contributed by atoms with Gasteiger partial charge in [-0.2, -0.15) is 0 Å². The Morgan fingerprint density at radius 2 is 1.12 bits per heavy atom. The molecule has 0 radical (unpaired) electrons. The quantitative estimate of drug-likeness (QED) is 0.382. The van der Waals surface area contributed by atoms with Crippen molar-refractivity contribution in [2.24, 2.45) is 0 Å². The summed E-state index contributed by atoms with van der Waals surface area (Å²) >= 11 is 0. The zero-order valence-electron chi connectivity index (χ0n) is 14.1. The summed E-state index contributed by atoms with van der Waals surface area (Å²) in [5, 5.41) is 2.62. The highest BCUT2D eigenvalue weighted by Gasteiger charge is 2.11. The van der Waals surface area contributed by atoms with Crippen LogP contribution in [0.3, 0.4) is 0 Å².